The van der Waals surface area contributed by atoms with E-state index in [1.54, 1.807) is 0 Å². The van der Waals surface area contributed by atoms with E-state index in [1.807, 2.05) is 0 Å². The minimum absolute atomic E-state index is 0.150. The van der Waals surface area contributed by atoms with Crippen LogP contribution in [-0.4, -0.2) is 25.5 Å². The second-order valence-electron chi connectivity index (χ2n) is 6.38. The third-order valence-electron chi connectivity index (χ3n) is 3.42. The van der Waals surface area contributed by atoms with Crippen LogP contribution in [0.2, 0.25) is 0 Å². The van der Waals surface area contributed by atoms with Gasteiger partial charge in [0, 0.05) is 12.0 Å². The summed E-state index contributed by atoms with van der Waals surface area (Å²) in [5, 5.41) is 6.38. The molecular formula is C13H26N2O. The van der Waals surface area contributed by atoms with Crippen molar-refractivity contribution < 1.29 is 4.79 Å². The SMILES string of the molecule is CC(C)(C)CCNC(=O)C1(C)CCNCC1. The first-order chi connectivity index (χ1) is 7.33. The van der Waals surface area contributed by atoms with Gasteiger partial charge in [-0.05, 0) is 37.8 Å². The van der Waals surface area contributed by atoms with E-state index in [-0.39, 0.29) is 11.3 Å². The summed E-state index contributed by atoms with van der Waals surface area (Å²) >= 11 is 0. The van der Waals surface area contributed by atoms with Gasteiger partial charge < -0.3 is 10.6 Å². The highest BCUT2D eigenvalue weighted by Gasteiger charge is 2.34. The molecular weight excluding hydrogens is 200 g/mol. The van der Waals surface area contributed by atoms with Crippen molar-refractivity contribution in [2.75, 3.05) is 19.6 Å². The molecule has 3 heteroatoms. The minimum Gasteiger partial charge on any atom is -0.356 e. The maximum atomic E-state index is 12.1. The lowest BCUT2D eigenvalue weighted by molar-refractivity contribution is -0.131. The fourth-order valence-corrected chi connectivity index (χ4v) is 1.97. The molecule has 16 heavy (non-hydrogen) atoms. The van der Waals surface area contributed by atoms with Gasteiger partial charge in [-0.15, -0.1) is 0 Å². The standard InChI is InChI=1S/C13H26N2O/c1-12(2,3)5-10-15-11(16)13(4)6-8-14-9-7-13/h14H,5-10H2,1-4H3,(H,15,16). The summed E-state index contributed by atoms with van der Waals surface area (Å²) in [5.41, 5.74) is 0.144. The van der Waals surface area contributed by atoms with Crippen molar-refractivity contribution in [2.24, 2.45) is 10.8 Å². The van der Waals surface area contributed by atoms with Crippen LogP contribution in [-0.2, 0) is 4.79 Å². The van der Waals surface area contributed by atoms with Crippen LogP contribution in [0.1, 0.15) is 47.0 Å². The van der Waals surface area contributed by atoms with Gasteiger partial charge in [-0.25, -0.2) is 0 Å². The average Bonchev–Trinajstić information content (AvgIpc) is 2.16. The zero-order chi connectivity index (χ0) is 12.2. The lowest BCUT2D eigenvalue weighted by Gasteiger charge is -2.33. The summed E-state index contributed by atoms with van der Waals surface area (Å²) in [6, 6.07) is 0. The van der Waals surface area contributed by atoms with E-state index < -0.39 is 0 Å². The molecule has 2 N–H and O–H groups in total. The minimum atomic E-state index is -0.150. The molecule has 0 aromatic carbocycles. The molecule has 0 spiro atoms. The smallest absolute Gasteiger partial charge is 0.226 e. The van der Waals surface area contributed by atoms with Gasteiger partial charge >= 0.3 is 0 Å². The van der Waals surface area contributed by atoms with E-state index in [1.165, 1.54) is 0 Å². The van der Waals surface area contributed by atoms with Gasteiger partial charge in [-0.2, -0.15) is 0 Å². The number of amides is 1. The summed E-state index contributed by atoms with van der Waals surface area (Å²) in [4.78, 5) is 12.1. The van der Waals surface area contributed by atoms with Crippen LogP contribution in [0.4, 0.5) is 0 Å². The van der Waals surface area contributed by atoms with Gasteiger partial charge in [0.1, 0.15) is 0 Å². The molecule has 1 rings (SSSR count). The van der Waals surface area contributed by atoms with E-state index in [2.05, 4.69) is 38.3 Å². The maximum Gasteiger partial charge on any atom is 0.226 e. The normalized spacial score (nSPS) is 20.5. The number of hydrogen-bond acceptors (Lipinski definition) is 2. The van der Waals surface area contributed by atoms with Crippen molar-refractivity contribution in [1.82, 2.24) is 10.6 Å². The molecule has 0 atom stereocenters. The molecule has 0 aromatic heterocycles. The number of carbonyl (C=O) groups excluding carboxylic acids is 1. The van der Waals surface area contributed by atoms with Gasteiger partial charge in [0.15, 0.2) is 0 Å². The predicted molar refractivity (Wildman–Crippen MR) is 67.3 cm³/mol. The molecule has 0 aliphatic carbocycles. The van der Waals surface area contributed by atoms with E-state index in [0.717, 1.165) is 38.9 Å². The Kier molecular flexibility index (Phi) is 4.36. The highest BCUT2D eigenvalue weighted by molar-refractivity contribution is 5.82. The van der Waals surface area contributed by atoms with E-state index in [4.69, 9.17) is 0 Å². The zero-order valence-electron chi connectivity index (χ0n) is 11.2. The van der Waals surface area contributed by atoms with Crippen molar-refractivity contribution in [3.05, 3.63) is 0 Å². The van der Waals surface area contributed by atoms with Crippen LogP contribution in [0.5, 0.6) is 0 Å². The molecule has 1 amide bonds. The first kappa shape index (κ1) is 13.5. The summed E-state index contributed by atoms with van der Waals surface area (Å²) in [6.07, 6.45) is 2.94. The zero-order valence-corrected chi connectivity index (χ0v) is 11.2. The average molecular weight is 226 g/mol. The van der Waals surface area contributed by atoms with Gasteiger partial charge in [0.2, 0.25) is 5.91 Å². The molecule has 94 valence electrons. The van der Waals surface area contributed by atoms with Crippen molar-refractivity contribution in [3.8, 4) is 0 Å². The van der Waals surface area contributed by atoms with Crippen molar-refractivity contribution in [2.45, 2.75) is 47.0 Å². The van der Waals surface area contributed by atoms with Crippen LogP contribution in [0.15, 0.2) is 0 Å². The van der Waals surface area contributed by atoms with Gasteiger partial charge in [0.05, 0.1) is 0 Å². The monoisotopic (exact) mass is 226 g/mol. The maximum absolute atomic E-state index is 12.1. The van der Waals surface area contributed by atoms with Crippen LogP contribution in [0.25, 0.3) is 0 Å². The Hall–Kier alpha value is -0.570. The van der Waals surface area contributed by atoms with Gasteiger partial charge in [0.25, 0.3) is 0 Å². The summed E-state index contributed by atoms with van der Waals surface area (Å²) in [6.45, 7) is 11.4. The fourth-order valence-electron chi connectivity index (χ4n) is 1.97. The van der Waals surface area contributed by atoms with Crippen LogP contribution in [0.3, 0.4) is 0 Å². The molecule has 0 bridgehead atoms. The molecule has 1 aliphatic rings. The number of piperidine rings is 1. The summed E-state index contributed by atoms with van der Waals surface area (Å²) in [5.74, 6) is 0.234. The Bertz CT molecular complexity index is 237. The largest absolute Gasteiger partial charge is 0.356 e. The van der Waals surface area contributed by atoms with Gasteiger partial charge in [-0.3, -0.25) is 4.79 Å². The number of rotatable bonds is 3. The molecule has 1 saturated heterocycles. The Morgan fingerprint density at radius 1 is 1.31 bits per heavy atom. The third kappa shape index (κ3) is 4.12. The van der Waals surface area contributed by atoms with Crippen LogP contribution < -0.4 is 10.6 Å². The van der Waals surface area contributed by atoms with Crippen molar-refractivity contribution >= 4 is 5.91 Å². The lowest BCUT2D eigenvalue weighted by atomic mass is 9.80. The molecule has 0 aromatic rings. The third-order valence-corrected chi connectivity index (χ3v) is 3.42. The highest BCUT2D eigenvalue weighted by Crippen LogP contribution is 2.28. The van der Waals surface area contributed by atoms with Crippen LogP contribution in [0, 0.1) is 10.8 Å². The van der Waals surface area contributed by atoms with E-state index in [0.29, 0.717) is 5.41 Å². The molecule has 3 nitrogen and oxygen atoms in total. The second kappa shape index (κ2) is 5.17. The summed E-state index contributed by atoms with van der Waals surface area (Å²) in [7, 11) is 0. The molecule has 0 saturated carbocycles. The van der Waals surface area contributed by atoms with Crippen molar-refractivity contribution in [1.29, 1.82) is 0 Å². The number of hydrogen-bond donors (Lipinski definition) is 2. The Morgan fingerprint density at radius 2 is 1.88 bits per heavy atom. The van der Waals surface area contributed by atoms with Crippen LogP contribution >= 0.6 is 0 Å². The van der Waals surface area contributed by atoms with Crippen molar-refractivity contribution in [3.63, 3.8) is 0 Å². The highest BCUT2D eigenvalue weighted by atomic mass is 16.2. The second-order valence-corrected chi connectivity index (χ2v) is 6.38. The molecule has 1 heterocycles. The predicted octanol–water partition coefficient (Wildman–Crippen LogP) is 1.93. The molecule has 1 aliphatic heterocycles. The molecule has 0 unspecified atom stereocenters. The van der Waals surface area contributed by atoms with Gasteiger partial charge in [-0.1, -0.05) is 27.7 Å². The first-order valence-electron chi connectivity index (χ1n) is 6.33. The summed E-state index contributed by atoms with van der Waals surface area (Å²) < 4.78 is 0. The molecule has 0 radical (unpaired) electrons. The van der Waals surface area contributed by atoms with E-state index in [9.17, 15) is 4.79 Å². The lowest BCUT2D eigenvalue weighted by Crippen LogP contribution is -2.46. The molecule has 1 fully saturated rings. The first-order valence-corrected chi connectivity index (χ1v) is 6.33. The Morgan fingerprint density at radius 3 is 2.38 bits per heavy atom. The number of carbonyl (C=O) groups is 1. The topological polar surface area (TPSA) is 41.1 Å². The number of nitrogens with one attached hydrogen (secondary N) is 2. The Balaban J connectivity index is 2.34. The quantitative estimate of drug-likeness (QED) is 0.772. The van der Waals surface area contributed by atoms with E-state index >= 15 is 0 Å². The fraction of sp³-hybridized carbons (Fsp3) is 0.923. The Labute approximate surface area is 99.4 Å².